The maximum atomic E-state index is 5.93. The van der Waals surface area contributed by atoms with Crippen LogP contribution in [0.4, 0.5) is 5.69 Å². The van der Waals surface area contributed by atoms with Gasteiger partial charge in [0.05, 0.1) is 11.4 Å². The lowest BCUT2D eigenvalue weighted by atomic mass is 10.2. The van der Waals surface area contributed by atoms with Gasteiger partial charge in [0.15, 0.2) is 0 Å². The van der Waals surface area contributed by atoms with Gasteiger partial charge in [-0.2, -0.15) is 0 Å². The predicted octanol–water partition coefficient (Wildman–Crippen LogP) is 4.86. The molecule has 1 aliphatic rings. The highest BCUT2D eigenvalue weighted by Crippen LogP contribution is 2.31. The second-order valence-corrected chi connectivity index (χ2v) is 7.27. The van der Waals surface area contributed by atoms with Crippen LogP contribution in [0.1, 0.15) is 5.56 Å². The largest absolute Gasteiger partial charge is 0.472 e. The molecule has 9 heteroatoms. The van der Waals surface area contributed by atoms with E-state index in [1.165, 1.54) is 0 Å². The molecule has 4 rings (SSSR count). The fraction of sp³-hybridized carbons (Fsp3) is 0.167. The molecule has 0 amide bonds. The van der Waals surface area contributed by atoms with E-state index in [-0.39, 0.29) is 0 Å². The average Bonchev–Trinajstić information content (AvgIpc) is 3.30. The minimum absolute atomic E-state index is 0.351. The first-order valence-corrected chi connectivity index (χ1v) is 9.39. The molecule has 0 N–H and O–H groups in total. The van der Waals surface area contributed by atoms with Crippen LogP contribution in [-0.2, 0) is 6.61 Å². The van der Waals surface area contributed by atoms with Crippen LogP contribution >= 0.6 is 27.5 Å². The second-order valence-electron chi connectivity index (χ2n) is 5.98. The van der Waals surface area contributed by atoms with Gasteiger partial charge in [-0.1, -0.05) is 38.8 Å². The number of rotatable bonds is 5. The molecule has 0 bridgehead atoms. The highest BCUT2D eigenvalue weighted by Gasteiger charge is 2.19. The Bertz CT molecular complexity index is 974. The van der Waals surface area contributed by atoms with E-state index >= 15 is 0 Å². The minimum atomic E-state index is 0.351. The number of hydrogen-bond acceptors (Lipinski definition) is 6. The highest BCUT2D eigenvalue weighted by atomic mass is 79.9. The van der Waals surface area contributed by atoms with Gasteiger partial charge in [0.2, 0.25) is 5.88 Å². The van der Waals surface area contributed by atoms with E-state index in [0.717, 1.165) is 21.4 Å². The van der Waals surface area contributed by atoms with Crippen LogP contribution in [0, 0.1) is 0 Å². The van der Waals surface area contributed by atoms with Gasteiger partial charge in [0, 0.05) is 34.4 Å². The normalized spacial score (nSPS) is 13.4. The van der Waals surface area contributed by atoms with Crippen molar-refractivity contribution in [3.63, 3.8) is 0 Å². The van der Waals surface area contributed by atoms with E-state index in [4.69, 9.17) is 16.3 Å². The fourth-order valence-corrected chi connectivity index (χ4v) is 3.29. The summed E-state index contributed by atoms with van der Waals surface area (Å²) in [7, 11) is 1.88. The van der Waals surface area contributed by atoms with Crippen molar-refractivity contribution in [2.45, 2.75) is 6.61 Å². The Kier molecular flexibility index (Phi) is 5.00. The molecular formula is C18H16BrClN6O. The lowest BCUT2D eigenvalue weighted by Gasteiger charge is -2.18. The maximum Gasteiger partial charge on any atom is 0.233 e. The lowest BCUT2D eigenvalue weighted by molar-refractivity contribution is 0.291. The topological polar surface area (TPSA) is 58.2 Å². The highest BCUT2D eigenvalue weighted by molar-refractivity contribution is 9.10. The predicted molar refractivity (Wildman–Crippen MR) is 107 cm³/mol. The first kappa shape index (κ1) is 17.8. The molecule has 2 heterocycles. The van der Waals surface area contributed by atoms with Crippen LogP contribution in [0.2, 0.25) is 5.02 Å². The first-order chi connectivity index (χ1) is 13.1. The molecule has 0 unspecified atom stereocenters. The second kappa shape index (κ2) is 7.58. The number of nitrogens with zero attached hydrogens (tertiary/aromatic N) is 6. The van der Waals surface area contributed by atoms with Crippen LogP contribution in [0.5, 0.6) is 5.88 Å². The summed E-state index contributed by atoms with van der Waals surface area (Å²) in [6.07, 6.45) is 1.85. The van der Waals surface area contributed by atoms with Gasteiger partial charge >= 0.3 is 0 Å². The zero-order valence-electron chi connectivity index (χ0n) is 14.5. The Morgan fingerprint density at radius 3 is 2.67 bits per heavy atom. The number of ether oxygens (including phenoxy) is 1. The summed E-state index contributed by atoms with van der Waals surface area (Å²) in [4.78, 5) is 0. The third-order valence-electron chi connectivity index (χ3n) is 4.03. The number of benzene rings is 2. The SMILES string of the molecule is CN1CN(c2cccc(Br)c2COc2ccn(-c3ccc(Cl)cc3)n2)N=N1. The van der Waals surface area contributed by atoms with E-state index in [2.05, 4.69) is 31.5 Å². The summed E-state index contributed by atoms with van der Waals surface area (Å²) in [5.41, 5.74) is 2.83. The number of halogens is 2. The molecule has 1 aromatic heterocycles. The van der Waals surface area contributed by atoms with Gasteiger partial charge < -0.3 is 4.74 Å². The van der Waals surface area contributed by atoms with Crippen molar-refractivity contribution in [1.82, 2.24) is 14.8 Å². The van der Waals surface area contributed by atoms with Gasteiger partial charge in [-0.05, 0) is 41.6 Å². The summed E-state index contributed by atoms with van der Waals surface area (Å²) < 4.78 is 8.62. The van der Waals surface area contributed by atoms with E-state index in [0.29, 0.717) is 24.2 Å². The molecule has 2 aromatic carbocycles. The quantitative estimate of drug-likeness (QED) is 0.560. The number of aromatic nitrogens is 2. The van der Waals surface area contributed by atoms with Crippen molar-refractivity contribution in [1.29, 1.82) is 0 Å². The third kappa shape index (κ3) is 3.91. The molecule has 0 fully saturated rings. The van der Waals surface area contributed by atoms with E-state index < -0.39 is 0 Å². The molecule has 27 heavy (non-hydrogen) atoms. The summed E-state index contributed by atoms with van der Waals surface area (Å²) in [6.45, 7) is 0.943. The summed E-state index contributed by atoms with van der Waals surface area (Å²) in [5, 5.41) is 16.9. The minimum Gasteiger partial charge on any atom is -0.472 e. The maximum absolute atomic E-state index is 5.93. The van der Waals surface area contributed by atoms with Crippen molar-refractivity contribution in [2.75, 3.05) is 18.7 Å². The summed E-state index contributed by atoms with van der Waals surface area (Å²) in [5.74, 6) is 0.534. The van der Waals surface area contributed by atoms with Crippen molar-refractivity contribution < 1.29 is 4.74 Å². The van der Waals surface area contributed by atoms with Crippen LogP contribution in [-0.4, -0.2) is 28.5 Å². The molecule has 1 aliphatic heterocycles. The Labute approximate surface area is 169 Å². The monoisotopic (exact) mass is 446 g/mol. The van der Waals surface area contributed by atoms with Gasteiger partial charge in [-0.15, -0.1) is 5.10 Å². The first-order valence-electron chi connectivity index (χ1n) is 8.22. The number of anilines is 1. The lowest BCUT2D eigenvalue weighted by Crippen LogP contribution is -2.22. The average molecular weight is 448 g/mol. The van der Waals surface area contributed by atoms with Crippen molar-refractivity contribution in [3.8, 4) is 11.6 Å². The van der Waals surface area contributed by atoms with Gasteiger partial charge in [-0.3, -0.25) is 5.01 Å². The zero-order chi connectivity index (χ0) is 18.8. The molecule has 0 spiro atoms. The Hall–Kier alpha value is -2.58. The standard InChI is InChI=1S/C18H16BrClN6O/c1-24-12-26(23-22-24)17-4-2-3-16(19)15(17)11-27-18-9-10-25(21-18)14-7-5-13(20)6-8-14/h2-10H,11-12H2,1H3. The molecule has 0 radical (unpaired) electrons. The van der Waals surface area contributed by atoms with Crippen LogP contribution < -0.4 is 9.75 Å². The van der Waals surface area contributed by atoms with Crippen LogP contribution in [0.15, 0.2) is 69.6 Å². The zero-order valence-corrected chi connectivity index (χ0v) is 16.8. The Balaban J connectivity index is 1.51. The molecule has 0 saturated heterocycles. The van der Waals surface area contributed by atoms with Gasteiger partial charge in [0.25, 0.3) is 0 Å². The molecule has 0 aliphatic carbocycles. The van der Waals surface area contributed by atoms with E-state index in [9.17, 15) is 0 Å². The van der Waals surface area contributed by atoms with E-state index in [1.807, 2.05) is 66.8 Å². The Morgan fingerprint density at radius 2 is 1.93 bits per heavy atom. The van der Waals surface area contributed by atoms with E-state index in [1.54, 1.807) is 9.69 Å². The van der Waals surface area contributed by atoms with Gasteiger partial charge in [-0.25, -0.2) is 9.69 Å². The molecule has 7 nitrogen and oxygen atoms in total. The van der Waals surface area contributed by atoms with Gasteiger partial charge in [0.1, 0.15) is 13.3 Å². The Morgan fingerprint density at radius 1 is 1.11 bits per heavy atom. The summed E-state index contributed by atoms with van der Waals surface area (Å²) >= 11 is 9.54. The smallest absolute Gasteiger partial charge is 0.233 e. The molecule has 0 atom stereocenters. The van der Waals surface area contributed by atoms with Crippen molar-refractivity contribution >= 4 is 33.2 Å². The number of hydrogen-bond donors (Lipinski definition) is 0. The van der Waals surface area contributed by atoms with Crippen LogP contribution in [0.25, 0.3) is 5.69 Å². The molecular weight excluding hydrogens is 432 g/mol. The molecule has 3 aromatic rings. The fourth-order valence-electron chi connectivity index (χ4n) is 2.69. The molecule has 138 valence electrons. The van der Waals surface area contributed by atoms with Crippen LogP contribution in [0.3, 0.4) is 0 Å². The summed E-state index contributed by atoms with van der Waals surface area (Å²) in [6, 6.07) is 15.2. The molecule has 0 saturated carbocycles. The van der Waals surface area contributed by atoms with Crippen molar-refractivity contribution in [2.24, 2.45) is 10.4 Å². The van der Waals surface area contributed by atoms with Crippen molar-refractivity contribution in [3.05, 3.63) is 69.8 Å². The third-order valence-corrected chi connectivity index (χ3v) is 5.03.